The third-order valence-electron chi connectivity index (χ3n) is 5.48. The van der Waals surface area contributed by atoms with Crippen LogP contribution in [0.3, 0.4) is 0 Å². The smallest absolute Gasteiger partial charge is 0.241 e. The lowest BCUT2D eigenvalue weighted by Crippen LogP contribution is -2.59. The van der Waals surface area contributed by atoms with Crippen LogP contribution in [0.5, 0.6) is 5.75 Å². The summed E-state index contributed by atoms with van der Waals surface area (Å²) >= 11 is 0. The number of nitrogens with one attached hydrogen (secondary N) is 2. The van der Waals surface area contributed by atoms with Gasteiger partial charge in [0.05, 0.1) is 7.11 Å². The van der Waals surface area contributed by atoms with Gasteiger partial charge in [-0.3, -0.25) is 4.79 Å². The largest absolute Gasteiger partial charge is 0.497 e. The van der Waals surface area contributed by atoms with Gasteiger partial charge in [-0.05, 0) is 44.5 Å². The Morgan fingerprint density at radius 1 is 1.35 bits per heavy atom. The van der Waals surface area contributed by atoms with E-state index in [9.17, 15) is 13.2 Å². The average Bonchev–Trinajstić information content (AvgIpc) is 3.10. The number of benzene rings is 1. The predicted octanol–water partition coefficient (Wildman–Crippen LogP) is 0.557. The highest BCUT2D eigenvalue weighted by atomic mass is 32.2. The van der Waals surface area contributed by atoms with Crippen LogP contribution in [0, 0.1) is 0 Å². The minimum absolute atomic E-state index is 0.0535. The number of hydrogen-bond acceptors (Lipinski definition) is 6. The fourth-order valence-electron chi connectivity index (χ4n) is 3.83. The van der Waals surface area contributed by atoms with Crippen molar-refractivity contribution in [3.05, 3.63) is 24.3 Å². The van der Waals surface area contributed by atoms with Crippen molar-refractivity contribution in [2.75, 3.05) is 44.4 Å². The Bertz CT molecular complexity index is 759. The van der Waals surface area contributed by atoms with Crippen LogP contribution in [0.2, 0.25) is 0 Å². The second-order valence-corrected chi connectivity index (χ2v) is 9.45. The molecule has 7 nitrogen and oxygen atoms in total. The molecule has 26 heavy (non-hydrogen) atoms. The number of carbonyl (C=O) groups is 1. The van der Waals surface area contributed by atoms with Gasteiger partial charge in [-0.1, -0.05) is 6.07 Å². The van der Waals surface area contributed by atoms with Crippen molar-refractivity contribution in [3.63, 3.8) is 0 Å². The van der Waals surface area contributed by atoms with Crippen molar-refractivity contribution in [1.29, 1.82) is 0 Å². The van der Waals surface area contributed by atoms with Crippen LogP contribution >= 0.6 is 0 Å². The lowest BCUT2D eigenvalue weighted by atomic mass is 9.95. The fraction of sp³-hybridized carbons (Fsp3) is 0.611. The number of nitrogens with zero attached hydrogens (tertiary/aromatic N) is 1. The van der Waals surface area contributed by atoms with Crippen LogP contribution in [-0.2, 0) is 14.6 Å². The standard InChI is InChI=1S/C18H27N3O4S/c1-25-16-5-3-4-15(12-16)21-11-6-14(13-21)20-17(22)18(26(2,23)24)7-9-19-10-8-18/h3-5,12,14,19H,6-11,13H2,1-2H3,(H,20,22). The van der Waals surface area contributed by atoms with E-state index in [2.05, 4.69) is 15.5 Å². The number of amides is 1. The second-order valence-electron chi connectivity index (χ2n) is 7.12. The van der Waals surface area contributed by atoms with Crippen molar-refractivity contribution >= 4 is 21.4 Å². The quantitative estimate of drug-likeness (QED) is 0.775. The van der Waals surface area contributed by atoms with Crippen LogP contribution in [0.1, 0.15) is 19.3 Å². The van der Waals surface area contributed by atoms with E-state index in [0.717, 1.165) is 24.4 Å². The minimum atomic E-state index is -3.49. The first-order chi connectivity index (χ1) is 12.4. The van der Waals surface area contributed by atoms with Gasteiger partial charge in [-0.2, -0.15) is 0 Å². The van der Waals surface area contributed by atoms with Gasteiger partial charge in [0.25, 0.3) is 0 Å². The minimum Gasteiger partial charge on any atom is -0.497 e. The van der Waals surface area contributed by atoms with Gasteiger partial charge in [0, 0.05) is 37.1 Å². The lowest BCUT2D eigenvalue weighted by molar-refractivity contribution is -0.124. The topological polar surface area (TPSA) is 87.7 Å². The van der Waals surface area contributed by atoms with Gasteiger partial charge < -0.3 is 20.3 Å². The van der Waals surface area contributed by atoms with Gasteiger partial charge in [0.2, 0.25) is 5.91 Å². The Morgan fingerprint density at radius 2 is 2.08 bits per heavy atom. The summed E-state index contributed by atoms with van der Waals surface area (Å²) < 4.78 is 28.7. The number of methoxy groups -OCH3 is 1. The van der Waals surface area contributed by atoms with E-state index in [4.69, 9.17) is 4.74 Å². The molecule has 0 saturated carbocycles. The van der Waals surface area contributed by atoms with Crippen LogP contribution < -0.4 is 20.3 Å². The van der Waals surface area contributed by atoms with Crippen LogP contribution in [0.25, 0.3) is 0 Å². The fourth-order valence-corrected chi connectivity index (χ4v) is 5.17. The molecule has 2 fully saturated rings. The molecule has 2 aliphatic rings. The third kappa shape index (κ3) is 3.66. The molecule has 1 atom stereocenters. The van der Waals surface area contributed by atoms with Crippen molar-refractivity contribution in [3.8, 4) is 5.75 Å². The maximum absolute atomic E-state index is 12.9. The van der Waals surface area contributed by atoms with E-state index in [1.807, 2.05) is 24.3 Å². The average molecular weight is 381 g/mol. The van der Waals surface area contributed by atoms with Gasteiger partial charge >= 0.3 is 0 Å². The molecule has 0 aromatic heterocycles. The molecule has 1 unspecified atom stereocenters. The molecule has 8 heteroatoms. The summed E-state index contributed by atoms with van der Waals surface area (Å²) in [7, 11) is -1.85. The van der Waals surface area contributed by atoms with Gasteiger partial charge in [-0.25, -0.2) is 8.42 Å². The number of anilines is 1. The number of rotatable bonds is 5. The Balaban J connectivity index is 1.68. The molecule has 0 bridgehead atoms. The van der Waals surface area contributed by atoms with E-state index in [0.29, 0.717) is 32.5 Å². The van der Waals surface area contributed by atoms with Gasteiger partial charge in [0.1, 0.15) is 5.75 Å². The predicted molar refractivity (Wildman–Crippen MR) is 101 cm³/mol. The van der Waals surface area contributed by atoms with Crippen molar-refractivity contribution in [2.45, 2.75) is 30.1 Å². The number of carbonyl (C=O) groups excluding carboxylic acids is 1. The number of piperidine rings is 1. The molecule has 2 aliphatic heterocycles. The molecular formula is C18H27N3O4S. The SMILES string of the molecule is COc1cccc(N2CCC(NC(=O)C3(S(C)(=O)=O)CCNCC3)C2)c1. The molecule has 0 radical (unpaired) electrons. The highest BCUT2D eigenvalue weighted by molar-refractivity contribution is 7.92. The van der Waals surface area contributed by atoms with Gasteiger partial charge in [-0.15, -0.1) is 0 Å². The van der Waals surface area contributed by atoms with Crippen LogP contribution in [0.15, 0.2) is 24.3 Å². The first kappa shape index (κ1) is 19.0. The molecule has 1 aromatic rings. The van der Waals surface area contributed by atoms with Crippen LogP contribution in [-0.4, -0.2) is 64.7 Å². The second kappa shape index (κ2) is 7.44. The molecule has 0 spiro atoms. The van der Waals surface area contributed by atoms with E-state index < -0.39 is 14.6 Å². The Hall–Kier alpha value is -1.80. The Morgan fingerprint density at radius 3 is 2.73 bits per heavy atom. The summed E-state index contributed by atoms with van der Waals surface area (Å²) in [4.78, 5) is 15.1. The highest BCUT2D eigenvalue weighted by Crippen LogP contribution is 2.29. The molecule has 0 aliphatic carbocycles. The summed E-state index contributed by atoms with van der Waals surface area (Å²) in [5.41, 5.74) is 1.04. The summed E-state index contributed by atoms with van der Waals surface area (Å²) in [6.45, 7) is 2.56. The maximum Gasteiger partial charge on any atom is 0.241 e. The van der Waals surface area contributed by atoms with E-state index in [-0.39, 0.29) is 11.9 Å². The number of hydrogen-bond donors (Lipinski definition) is 2. The van der Waals surface area contributed by atoms with Crippen LogP contribution in [0.4, 0.5) is 5.69 Å². The number of ether oxygens (including phenoxy) is 1. The molecule has 144 valence electrons. The zero-order valence-corrected chi connectivity index (χ0v) is 16.1. The van der Waals surface area contributed by atoms with E-state index in [1.54, 1.807) is 7.11 Å². The molecule has 2 saturated heterocycles. The zero-order chi connectivity index (χ0) is 18.8. The summed E-state index contributed by atoms with van der Waals surface area (Å²) in [5, 5.41) is 6.14. The molecule has 1 aromatic carbocycles. The van der Waals surface area contributed by atoms with Crippen molar-refractivity contribution < 1.29 is 17.9 Å². The molecule has 2 N–H and O–H groups in total. The highest BCUT2D eigenvalue weighted by Gasteiger charge is 2.49. The monoisotopic (exact) mass is 381 g/mol. The van der Waals surface area contributed by atoms with Crippen molar-refractivity contribution in [1.82, 2.24) is 10.6 Å². The number of sulfone groups is 1. The van der Waals surface area contributed by atoms with E-state index in [1.165, 1.54) is 6.26 Å². The normalized spacial score (nSPS) is 22.8. The summed E-state index contributed by atoms with van der Waals surface area (Å²) in [6.07, 6.45) is 2.62. The zero-order valence-electron chi connectivity index (χ0n) is 15.3. The van der Waals surface area contributed by atoms with Crippen molar-refractivity contribution in [2.24, 2.45) is 0 Å². The molecule has 1 amide bonds. The first-order valence-corrected chi connectivity index (χ1v) is 10.9. The molecule has 2 heterocycles. The summed E-state index contributed by atoms with van der Waals surface area (Å²) in [5.74, 6) is 0.444. The molecule has 3 rings (SSSR count). The third-order valence-corrected chi connectivity index (χ3v) is 7.49. The lowest BCUT2D eigenvalue weighted by Gasteiger charge is -2.35. The Kier molecular flexibility index (Phi) is 5.43. The summed E-state index contributed by atoms with van der Waals surface area (Å²) in [6, 6.07) is 7.76. The first-order valence-electron chi connectivity index (χ1n) is 8.96. The van der Waals surface area contributed by atoms with E-state index >= 15 is 0 Å². The Labute approximate surface area is 155 Å². The molecular weight excluding hydrogens is 354 g/mol. The van der Waals surface area contributed by atoms with Gasteiger partial charge in [0.15, 0.2) is 14.6 Å². The maximum atomic E-state index is 12.9.